The first-order chi connectivity index (χ1) is 11.4. The van der Waals surface area contributed by atoms with E-state index in [4.69, 9.17) is 4.74 Å². The van der Waals surface area contributed by atoms with Gasteiger partial charge in [0.05, 0.1) is 0 Å². The van der Waals surface area contributed by atoms with E-state index >= 15 is 0 Å². The summed E-state index contributed by atoms with van der Waals surface area (Å²) in [6.07, 6.45) is -3.17. The summed E-state index contributed by atoms with van der Waals surface area (Å²) in [6.45, 7) is 0.294. The summed E-state index contributed by atoms with van der Waals surface area (Å²) < 4.78 is 43.2. The van der Waals surface area contributed by atoms with E-state index < -0.39 is 25.2 Å². The molecule has 2 aromatic rings. The number of alkyl halides is 3. The number of amides is 1. The zero-order chi connectivity index (χ0) is 17.6. The molecular weight excluding hydrogens is 319 g/mol. The van der Waals surface area contributed by atoms with Crippen LogP contribution in [0.25, 0.3) is 10.8 Å². The van der Waals surface area contributed by atoms with Gasteiger partial charge >= 0.3 is 6.18 Å². The quantitative estimate of drug-likeness (QED) is 0.748. The molecule has 0 spiro atoms. The van der Waals surface area contributed by atoms with Crippen molar-refractivity contribution in [3.05, 3.63) is 42.5 Å². The molecule has 2 aromatic carbocycles. The van der Waals surface area contributed by atoms with Gasteiger partial charge in [0.1, 0.15) is 12.3 Å². The van der Waals surface area contributed by atoms with Crippen molar-refractivity contribution < 1.29 is 22.7 Å². The number of carbonyl (C=O) groups is 1. The van der Waals surface area contributed by atoms with Crippen molar-refractivity contribution in [1.82, 2.24) is 4.90 Å². The molecule has 0 heterocycles. The molecule has 0 N–H and O–H groups in total. The molecule has 0 fully saturated rings. The van der Waals surface area contributed by atoms with Crippen LogP contribution in [0.2, 0.25) is 0 Å². The molecule has 24 heavy (non-hydrogen) atoms. The lowest BCUT2D eigenvalue weighted by Gasteiger charge is -2.23. The fraction of sp³-hybridized carbons (Fsp3) is 0.389. The smallest absolute Gasteiger partial charge is 0.406 e. The molecule has 0 aromatic heterocycles. The van der Waals surface area contributed by atoms with Crippen LogP contribution in [-0.2, 0) is 4.79 Å². The Hall–Kier alpha value is -2.24. The minimum Gasteiger partial charge on any atom is -0.484 e. The number of benzene rings is 2. The number of ether oxygens (including phenoxy) is 1. The number of rotatable bonds is 7. The average molecular weight is 339 g/mol. The largest absolute Gasteiger partial charge is 0.484 e. The normalized spacial score (nSPS) is 11.5. The summed E-state index contributed by atoms with van der Waals surface area (Å²) in [5.74, 6) is -0.196. The summed E-state index contributed by atoms with van der Waals surface area (Å²) in [6, 6.07) is 13.0. The molecule has 0 saturated heterocycles. The molecule has 0 bridgehead atoms. The fourth-order valence-corrected chi connectivity index (χ4v) is 2.35. The van der Waals surface area contributed by atoms with E-state index in [0.717, 1.165) is 15.7 Å². The van der Waals surface area contributed by atoms with Crippen LogP contribution >= 0.6 is 0 Å². The SMILES string of the molecule is CCCCN(CC(F)(F)F)C(=O)COc1ccc2ccccc2c1. The summed E-state index contributed by atoms with van der Waals surface area (Å²) in [7, 11) is 0. The van der Waals surface area contributed by atoms with Gasteiger partial charge in [-0.3, -0.25) is 4.79 Å². The minimum atomic E-state index is -4.41. The van der Waals surface area contributed by atoms with Crippen LogP contribution in [0.1, 0.15) is 19.8 Å². The molecule has 1 amide bonds. The molecule has 0 aliphatic carbocycles. The molecule has 2 rings (SSSR count). The summed E-state index contributed by atoms with van der Waals surface area (Å²) >= 11 is 0. The van der Waals surface area contributed by atoms with E-state index in [9.17, 15) is 18.0 Å². The first-order valence-corrected chi connectivity index (χ1v) is 7.85. The minimum absolute atomic E-state index is 0.0793. The van der Waals surface area contributed by atoms with Gasteiger partial charge in [0, 0.05) is 6.54 Å². The molecule has 0 unspecified atom stereocenters. The van der Waals surface area contributed by atoms with Crippen LogP contribution in [0, 0.1) is 0 Å². The molecule has 0 saturated carbocycles. The van der Waals surface area contributed by atoms with Gasteiger partial charge in [-0.25, -0.2) is 0 Å². The Morgan fingerprint density at radius 1 is 1.12 bits per heavy atom. The van der Waals surface area contributed by atoms with Crippen LogP contribution in [-0.4, -0.2) is 36.7 Å². The van der Waals surface area contributed by atoms with Gasteiger partial charge in [0.25, 0.3) is 5.91 Å². The van der Waals surface area contributed by atoms with Gasteiger partial charge in [-0.1, -0.05) is 43.7 Å². The maximum Gasteiger partial charge on any atom is 0.406 e. The average Bonchev–Trinajstić information content (AvgIpc) is 2.55. The van der Waals surface area contributed by atoms with Gasteiger partial charge in [-0.15, -0.1) is 0 Å². The second-order valence-electron chi connectivity index (χ2n) is 5.58. The Morgan fingerprint density at radius 3 is 2.50 bits per heavy atom. The number of hydrogen-bond donors (Lipinski definition) is 0. The molecule has 0 aliphatic rings. The maximum absolute atomic E-state index is 12.6. The zero-order valence-corrected chi connectivity index (χ0v) is 13.5. The second-order valence-corrected chi connectivity index (χ2v) is 5.58. The lowest BCUT2D eigenvalue weighted by atomic mass is 10.1. The van der Waals surface area contributed by atoms with Crippen molar-refractivity contribution in [2.45, 2.75) is 25.9 Å². The monoisotopic (exact) mass is 339 g/mol. The first-order valence-electron chi connectivity index (χ1n) is 7.85. The topological polar surface area (TPSA) is 29.5 Å². The molecule has 6 heteroatoms. The van der Waals surface area contributed by atoms with Crippen LogP contribution in [0.15, 0.2) is 42.5 Å². The van der Waals surface area contributed by atoms with Crippen molar-refractivity contribution in [3.63, 3.8) is 0 Å². The van der Waals surface area contributed by atoms with E-state index in [2.05, 4.69) is 0 Å². The highest BCUT2D eigenvalue weighted by atomic mass is 19.4. The van der Waals surface area contributed by atoms with Crippen molar-refractivity contribution in [1.29, 1.82) is 0 Å². The van der Waals surface area contributed by atoms with E-state index in [0.29, 0.717) is 18.6 Å². The van der Waals surface area contributed by atoms with Gasteiger partial charge in [-0.05, 0) is 29.3 Å². The molecular formula is C18H20F3NO2. The number of unbranched alkanes of at least 4 members (excludes halogenated alkanes) is 1. The third-order valence-corrected chi connectivity index (χ3v) is 3.59. The Kier molecular flexibility index (Phi) is 6.06. The number of halogens is 3. The first kappa shape index (κ1) is 18.1. The zero-order valence-electron chi connectivity index (χ0n) is 13.5. The third-order valence-electron chi connectivity index (χ3n) is 3.59. The van der Waals surface area contributed by atoms with E-state index in [1.807, 2.05) is 37.3 Å². The number of carbonyl (C=O) groups excluding carboxylic acids is 1. The number of hydrogen-bond acceptors (Lipinski definition) is 2. The van der Waals surface area contributed by atoms with Crippen molar-refractivity contribution in [2.75, 3.05) is 19.7 Å². The Balaban J connectivity index is 1.99. The molecule has 0 atom stereocenters. The van der Waals surface area contributed by atoms with Gasteiger partial charge in [-0.2, -0.15) is 13.2 Å². The maximum atomic E-state index is 12.6. The van der Waals surface area contributed by atoms with Crippen LogP contribution in [0.4, 0.5) is 13.2 Å². The summed E-state index contributed by atoms with van der Waals surface area (Å²) in [4.78, 5) is 12.9. The number of nitrogens with zero attached hydrogens (tertiary/aromatic N) is 1. The van der Waals surface area contributed by atoms with Gasteiger partial charge in [0.2, 0.25) is 0 Å². The van der Waals surface area contributed by atoms with Crippen LogP contribution in [0.5, 0.6) is 5.75 Å². The molecule has 130 valence electrons. The highest BCUT2D eigenvalue weighted by molar-refractivity contribution is 5.84. The van der Waals surface area contributed by atoms with Crippen molar-refractivity contribution >= 4 is 16.7 Å². The van der Waals surface area contributed by atoms with Gasteiger partial charge in [0.15, 0.2) is 6.61 Å². The second kappa shape index (κ2) is 8.04. The molecule has 0 radical (unpaired) electrons. The van der Waals surface area contributed by atoms with Crippen molar-refractivity contribution in [3.8, 4) is 5.75 Å². The molecule has 3 nitrogen and oxygen atoms in total. The van der Waals surface area contributed by atoms with Crippen LogP contribution < -0.4 is 4.74 Å². The Labute approximate surface area is 139 Å². The standard InChI is InChI=1S/C18H20F3NO2/c1-2-3-10-22(13-18(19,20)21)17(23)12-24-16-9-8-14-6-4-5-7-15(14)11-16/h4-9,11H,2-3,10,12-13H2,1H3. The van der Waals surface area contributed by atoms with Crippen LogP contribution in [0.3, 0.4) is 0 Å². The van der Waals surface area contributed by atoms with Gasteiger partial charge < -0.3 is 9.64 Å². The lowest BCUT2D eigenvalue weighted by Crippen LogP contribution is -2.42. The molecule has 0 aliphatic heterocycles. The Morgan fingerprint density at radius 2 is 1.83 bits per heavy atom. The predicted octanol–water partition coefficient (Wildman–Crippen LogP) is 4.41. The number of fused-ring (bicyclic) bond motifs is 1. The Bertz CT molecular complexity index is 685. The highest BCUT2D eigenvalue weighted by Gasteiger charge is 2.32. The third kappa shape index (κ3) is 5.44. The summed E-state index contributed by atoms with van der Waals surface area (Å²) in [5.41, 5.74) is 0. The lowest BCUT2D eigenvalue weighted by molar-refractivity contribution is -0.162. The summed E-state index contributed by atoms with van der Waals surface area (Å²) in [5, 5.41) is 1.97. The highest BCUT2D eigenvalue weighted by Crippen LogP contribution is 2.21. The van der Waals surface area contributed by atoms with Crippen molar-refractivity contribution in [2.24, 2.45) is 0 Å². The van der Waals surface area contributed by atoms with E-state index in [-0.39, 0.29) is 6.54 Å². The predicted molar refractivity (Wildman–Crippen MR) is 87.0 cm³/mol. The van der Waals surface area contributed by atoms with E-state index in [1.165, 1.54) is 0 Å². The fourth-order valence-electron chi connectivity index (χ4n) is 2.35. The van der Waals surface area contributed by atoms with E-state index in [1.54, 1.807) is 12.1 Å².